The van der Waals surface area contributed by atoms with Gasteiger partial charge < -0.3 is 10.2 Å². The largest absolute Gasteiger partial charge is 0.396 e. The number of pyridine rings is 1. The zero-order chi connectivity index (χ0) is 16.5. The van der Waals surface area contributed by atoms with E-state index in [4.69, 9.17) is 10.8 Å². The summed E-state index contributed by atoms with van der Waals surface area (Å²) in [7, 11) is 0. The van der Waals surface area contributed by atoms with Gasteiger partial charge in [0.15, 0.2) is 5.72 Å². The molecule has 2 rings (SSSR count). The van der Waals surface area contributed by atoms with Crippen LogP contribution < -0.4 is 5.73 Å². The lowest BCUT2D eigenvalue weighted by atomic mass is 10.1. The third kappa shape index (κ3) is 5.50. The number of rotatable bonds is 6. The lowest BCUT2D eigenvalue weighted by Crippen LogP contribution is -2.38. The Hall–Kier alpha value is -2.19. The highest BCUT2D eigenvalue weighted by atomic mass is 16.3. The second-order valence-electron chi connectivity index (χ2n) is 5.45. The van der Waals surface area contributed by atoms with Gasteiger partial charge in [-0.1, -0.05) is 42.3 Å². The maximum absolute atomic E-state index is 10.1. The second kappa shape index (κ2) is 8.44. The van der Waals surface area contributed by atoms with Crippen LogP contribution in [0.3, 0.4) is 0 Å². The molecule has 1 aromatic carbocycles. The summed E-state index contributed by atoms with van der Waals surface area (Å²) in [5.41, 5.74) is 6.32. The van der Waals surface area contributed by atoms with E-state index in [0.29, 0.717) is 11.4 Å². The van der Waals surface area contributed by atoms with Gasteiger partial charge in [0.05, 0.1) is 5.69 Å². The smallest absolute Gasteiger partial charge is 0.158 e. The summed E-state index contributed by atoms with van der Waals surface area (Å²) in [6, 6.07) is 15.5. The van der Waals surface area contributed by atoms with Gasteiger partial charge in [-0.25, -0.2) is 4.98 Å². The van der Waals surface area contributed by atoms with E-state index in [9.17, 15) is 5.11 Å². The van der Waals surface area contributed by atoms with Crippen LogP contribution in [0.2, 0.25) is 0 Å². The lowest BCUT2D eigenvalue weighted by Gasteiger charge is -2.21. The fourth-order valence-corrected chi connectivity index (χ4v) is 2.22. The fraction of sp³-hybridized carbons (Fsp3) is 0.316. The molecular weight excluding hydrogens is 288 g/mol. The van der Waals surface area contributed by atoms with Crippen molar-refractivity contribution in [3.05, 3.63) is 65.5 Å². The van der Waals surface area contributed by atoms with E-state index in [0.717, 1.165) is 19.3 Å². The van der Waals surface area contributed by atoms with Gasteiger partial charge in [-0.3, -0.25) is 5.73 Å². The highest BCUT2D eigenvalue weighted by Crippen LogP contribution is 2.16. The Morgan fingerprint density at radius 3 is 2.61 bits per heavy atom. The molecule has 0 radical (unpaired) electrons. The zero-order valence-electron chi connectivity index (χ0n) is 13.1. The fourth-order valence-electron chi connectivity index (χ4n) is 2.22. The molecule has 1 aromatic heterocycles. The first kappa shape index (κ1) is 17.2. The van der Waals surface area contributed by atoms with Crippen molar-refractivity contribution in [1.29, 1.82) is 0 Å². The summed E-state index contributed by atoms with van der Waals surface area (Å²) < 4.78 is 0. The molecule has 0 spiro atoms. The number of aryl methyl sites for hydroxylation is 1. The van der Waals surface area contributed by atoms with Crippen molar-refractivity contribution in [3.63, 3.8) is 0 Å². The molecule has 4 N–H and O–H groups in total. The van der Waals surface area contributed by atoms with Crippen molar-refractivity contribution >= 4 is 0 Å². The molecule has 4 heteroatoms. The first-order valence-corrected chi connectivity index (χ1v) is 7.74. The predicted molar refractivity (Wildman–Crippen MR) is 90.3 cm³/mol. The van der Waals surface area contributed by atoms with Crippen LogP contribution in [-0.4, -0.2) is 21.8 Å². The first-order chi connectivity index (χ1) is 11.1. The van der Waals surface area contributed by atoms with Crippen molar-refractivity contribution in [2.45, 2.75) is 31.4 Å². The number of aliphatic hydroxyl groups is 2. The van der Waals surface area contributed by atoms with Crippen LogP contribution in [0.1, 0.15) is 36.2 Å². The Kier molecular flexibility index (Phi) is 6.30. The summed E-state index contributed by atoms with van der Waals surface area (Å²) in [4.78, 5) is 4.26. The molecule has 0 fully saturated rings. The molecule has 2 aromatic rings. The van der Waals surface area contributed by atoms with Crippen molar-refractivity contribution in [2.24, 2.45) is 5.73 Å². The molecule has 1 heterocycles. The van der Waals surface area contributed by atoms with Crippen LogP contribution in [0.25, 0.3) is 0 Å². The van der Waals surface area contributed by atoms with E-state index in [1.807, 2.05) is 18.2 Å². The van der Waals surface area contributed by atoms with E-state index < -0.39 is 5.72 Å². The van der Waals surface area contributed by atoms with Gasteiger partial charge in [-0.2, -0.15) is 0 Å². The Balaban J connectivity index is 1.91. The molecule has 1 unspecified atom stereocenters. The lowest BCUT2D eigenvalue weighted by molar-refractivity contribution is 0.0136. The quantitative estimate of drug-likeness (QED) is 0.433. The first-order valence-electron chi connectivity index (χ1n) is 7.74. The standard InChI is InChI=1S/C19H22N2O2/c20-19(23,14-15-22)18-13-7-12-17(21-18)11-6-2-5-10-16-8-3-1-4-9-16/h1,3-4,7-9,12-13,22-23H,2,5,10,14-15,20H2. The SMILES string of the molecule is NC(O)(CCO)c1cccc(C#CCCCc2ccccc2)n1. The molecular formula is C19H22N2O2. The Morgan fingerprint density at radius 1 is 1.09 bits per heavy atom. The van der Waals surface area contributed by atoms with Crippen LogP contribution >= 0.6 is 0 Å². The third-order valence-corrected chi connectivity index (χ3v) is 3.51. The average molecular weight is 310 g/mol. The van der Waals surface area contributed by atoms with Gasteiger partial charge in [0.1, 0.15) is 5.69 Å². The minimum Gasteiger partial charge on any atom is -0.396 e. The number of hydrogen-bond donors (Lipinski definition) is 3. The molecule has 0 amide bonds. The molecule has 0 saturated heterocycles. The van der Waals surface area contributed by atoms with E-state index in [-0.39, 0.29) is 13.0 Å². The number of benzene rings is 1. The van der Waals surface area contributed by atoms with Crippen molar-refractivity contribution in [3.8, 4) is 11.8 Å². The normalized spacial score (nSPS) is 13.0. The highest BCUT2D eigenvalue weighted by Gasteiger charge is 2.24. The molecule has 23 heavy (non-hydrogen) atoms. The summed E-state index contributed by atoms with van der Waals surface area (Å²) in [5.74, 6) is 6.09. The topological polar surface area (TPSA) is 79.4 Å². The molecule has 1 atom stereocenters. The number of nitrogens with zero attached hydrogens (tertiary/aromatic N) is 1. The number of nitrogens with two attached hydrogens (primary N) is 1. The predicted octanol–water partition coefficient (Wildman–Crippen LogP) is 1.94. The van der Waals surface area contributed by atoms with E-state index in [1.165, 1.54) is 5.56 Å². The third-order valence-electron chi connectivity index (χ3n) is 3.51. The summed E-state index contributed by atoms with van der Waals surface area (Å²) >= 11 is 0. The maximum Gasteiger partial charge on any atom is 0.158 e. The second-order valence-corrected chi connectivity index (χ2v) is 5.45. The van der Waals surface area contributed by atoms with Gasteiger partial charge in [0, 0.05) is 19.4 Å². The van der Waals surface area contributed by atoms with Crippen LogP contribution in [0.5, 0.6) is 0 Å². The number of hydrogen-bond acceptors (Lipinski definition) is 4. The van der Waals surface area contributed by atoms with Gasteiger partial charge in [-0.15, -0.1) is 0 Å². The van der Waals surface area contributed by atoms with Crippen LogP contribution in [-0.2, 0) is 12.1 Å². The van der Waals surface area contributed by atoms with E-state index >= 15 is 0 Å². The average Bonchev–Trinajstić information content (AvgIpc) is 2.56. The van der Waals surface area contributed by atoms with Gasteiger partial charge in [0.25, 0.3) is 0 Å². The Bertz CT molecular complexity index is 673. The summed E-state index contributed by atoms with van der Waals surface area (Å²) in [5, 5.41) is 19.0. The van der Waals surface area contributed by atoms with E-state index in [2.05, 4.69) is 29.0 Å². The van der Waals surface area contributed by atoms with Gasteiger partial charge in [0.2, 0.25) is 0 Å². The summed E-state index contributed by atoms with van der Waals surface area (Å²) in [6.45, 7) is -0.204. The minimum atomic E-state index is -1.63. The molecule has 0 aliphatic heterocycles. The van der Waals surface area contributed by atoms with Crippen molar-refractivity contribution < 1.29 is 10.2 Å². The number of aliphatic hydroxyl groups excluding tert-OH is 1. The molecule has 4 nitrogen and oxygen atoms in total. The summed E-state index contributed by atoms with van der Waals surface area (Å²) in [6.07, 6.45) is 2.81. The zero-order valence-corrected chi connectivity index (χ0v) is 13.1. The van der Waals surface area contributed by atoms with Crippen LogP contribution in [0.4, 0.5) is 0 Å². The van der Waals surface area contributed by atoms with Gasteiger partial charge in [-0.05, 0) is 36.5 Å². The van der Waals surface area contributed by atoms with Crippen molar-refractivity contribution in [2.75, 3.05) is 6.61 Å². The van der Waals surface area contributed by atoms with Crippen LogP contribution in [0, 0.1) is 11.8 Å². The maximum atomic E-state index is 10.1. The molecule has 120 valence electrons. The minimum absolute atomic E-state index is 0.0357. The van der Waals surface area contributed by atoms with Crippen LogP contribution in [0.15, 0.2) is 48.5 Å². The molecule has 0 aliphatic carbocycles. The highest BCUT2D eigenvalue weighted by molar-refractivity contribution is 5.30. The monoisotopic (exact) mass is 310 g/mol. The molecule has 0 bridgehead atoms. The molecule has 0 aliphatic rings. The van der Waals surface area contributed by atoms with Crippen molar-refractivity contribution in [1.82, 2.24) is 4.98 Å². The van der Waals surface area contributed by atoms with E-state index in [1.54, 1.807) is 18.2 Å². The Labute approximate surface area is 137 Å². The Morgan fingerprint density at radius 2 is 1.87 bits per heavy atom. The molecule has 0 saturated carbocycles. The number of unbranched alkanes of at least 4 members (excludes halogenated alkanes) is 1. The van der Waals surface area contributed by atoms with Gasteiger partial charge >= 0.3 is 0 Å². The number of aromatic nitrogens is 1.